The molecule has 1 aliphatic heterocycles. The number of nitrogens with zero attached hydrogens (tertiary/aromatic N) is 1. The third kappa shape index (κ3) is 4.46. The van der Waals surface area contributed by atoms with Gasteiger partial charge in [-0.1, -0.05) is 40.0 Å². The molecule has 0 bridgehead atoms. The summed E-state index contributed by atoms with van der Waals surface area (Å²) in [5.41, 5.74) is 0. The minimum absolute atomic E-state index is 0.773. The second-order valence-corrected chi connectivity index (χ2v) is 7.15. The Bertz CT molecular complexity index is 246. The summed E-state index contributed by atoms with van der Waals surface area (Å²) < 4.78 is 0. The Labute approximate surface area is 120 Å². The average Bonchev–Trinajstić information content (AvgIpc) is 2.45. The van der Waals surface area contributed by atoms with Crippen molar-refractivity contribution in [3.8, 4) is 0 Å². The first-order valence-corrected chi connectivity index (χ1v) is 8.68. The van der Waals surface area contributed by atoms with Gasteiger partial charge in [0, 0.05) is 25.2 Å². The largest absolute Gasteiger partial charge is 0.311 e. The van der Waals surface area contributed by atoms with Crippen LogP contribution in [0.4, 0.5) is 0 Å². The van der Waals surface area contributed by atoms with E-state index in [1.54, 1.807) is 0 Å². The second-order valence-electron chi connectivity index (χ2n) is 7.15. The van der Waals surface area contributed by atoms with Gasteiger partial charge in [-0.25, -0.2) is 0 Å². The van der Waals surface area contributed by atoms with Crippen LogP contribution in [-0.4, -0.2) is 36.6 Å². The van der Waals surface area contributed by atoms with Crippen LogP contribution in [-0.2, 0) is 0 Å². The van der Waals surface area contributed by atoms with Gasteiger partial charge in [-0.15, -0.1) is 0 Å². The van der Waals surface area contributed by atoms with E-state index in [0.29, 0.717) is 0 Å². The summed E-state index contributed by atoms with van der Waals surface area (Å²) in [6.07, 6.45) is 9.98. The number of nitrogens with one attached hydrogen (secondary N) is 1. The van der Waals surface area contributed by atoms with Crippen molar-refractivity contribution in [3.63, 3.8) is 0 Å². The summed E-state index contributed by atoms with van der Waals surface area (Å²) in [5.74, 6) is 1.79. The first kappa shape index (κ1) is 15.3. The van der Waals surface area contributed by atoms with Crippen molar-refractivity contribution in [1.29, 1.82) is 0 Å². The molecule has 2 nitrogen and oxygen atoms in total. The van der Waals surface area contributed by atoms with Gasteiger partial charge in [0.2, 0.25) is 0 Å². The van der Waals surface area contributed by atoms with Crippen LogP contribution in [0.5, 0.6) is 0 Å². The van der Waals surface area contributed by atoms with E-state index in [1.165, 1.54) is 64.6 Å². The summed E-state index contributed by atoms with van der Waals surface area (Å²) in [6.45, 7) is 10.9. The summed E-state index contributed by atoms with van der Waals surface area (Å²) in [6, 6.07) is 1.55. The van der Waals surface area contributed by atoms with E-state index in [2.05, 4.69) is 31.0 Å². The molecular formula is C17H34N2. The lowest BCUT2D eigenvalue weighted by atomic mass is 9.82. The van der Waals surface area contributed by atoms with Crippen LogP contribution in [0.1, 0.15) is 65.7 Å². The first-order chi connectivity index (χ1) is 9.20. The fourth-order valence-corrected chi connectivity index (χ4v) is 3.84. The van der Waals surface area contributed by atoms with Crippen LogP contribution in [0.2, 0.25) is 0 Å². The van der Waals surface area contributed by atoms with Gasteiger partial charge in [-0.2, -0.15) is 0 Å². The zero-order chi connectivity index (χ0) is 13.7. The molecule has 2 atom stereocenters. The van der Waals surface area contributed by atoms with Crippen LogP contribution in [0.25, 0.3) is 0 Å². The highest BCUT2D eigenvalue weighted by atomic mass is 15.2. The van der Waals surface area contributed by atoms with Crippen molar-refractivity contribution in [1.82, 2.24) is 10.2 Å². The Morgan fingerprint density at radius 2 is 1.89 bits per heavy atom. The normalized spacial score (nSPS) is 30.9. The van der Waals surface area contributed by atoms with Crippen molar-refractivity contribution in [2.24, 2.45) is 11.8 Å². The van der Waals surface area contributed by atoms with Gasteiger partial charge in [0.25, 0.3) is 0 Å². The van der Waals surface area contributed by atoms with Crippen molar-refractivity contribution in [2.45, 2.75) is 77.8 Å². The smallest absolute Gasteiger partial charge is 0.0224 e. The molecule has 2 fully saturated rings. The van der Waals surface area contributed by atoms with Gasteiger partial charge >= 0.3 is 0 Å². The molecule has 0 aromatic heterocycles. The molecule has 1 N–H and O–H groups in total. The van der Waals surface area contributed by atoms with Gasteiger partial charge in [-0.05, 0) is 44.1 Å². The van der Waals surface area contributed by atoms with Gasteiger partial charge in [0.05, 0.1) is 0 Å². The SMILES string of the molecule is CCC1CNC(C2CCCCC2)CN1CCC(C)C. The summed E-state index contributed by atoms with van der Waals surface area (Å²) in [5, 5.41) is 3.87. The molecule has 19 heavy (non-hydrogen) atoms. The topological polar surface area (TPSA) is 15.3 Å². The highest BCUT2D eigenvalue weighted by Crippen LogP contribution is 2.28. The third-order valence-electron chi connectivity index (χ3n) is 5.25. The maximum absolute atomic E-state index is 3.87. The van der Waals surface area contributed by atoms with Gasteiger partial charge in [0.1, 0.15) is 0 Å². The van der Waals surface area contributed by atoms with Crippen LogP contribution in [0, 0.1) is 11.8 Å². The molecule has 0 spiro atoms. The molecule has 2 aliphatic rings. The molecule has 1 aliphatic carbocycles. The predicted molar refractivity (Wildman–Crippen MR) is 83.5 cm³/mol. The van der Waals surface area contributed by atoms with Crippen LogP contribution >= 0.6 is 0 Å². The lowest BCUT2D eigenvalue weighted by Gasteiger charge is -2.44. The zero-order valence-corrected chi connectivity index (χ0v) is 13.3. The highest BCUT2D eigenvalue weighted by molar-refractivity contribution is 4.90. The van der Waals surface area contributed by atoms with E-state index in [-0.39, 0.29) is 0 Å². The predicted octanol–water partition coefficient (Wildman–Crippen LogP) is 3.67. The summed E-state index contributed by atoms with van der Waals surface area (Å²) in [4.78, 5) is 2.79. The minimum Gasteiger partial charge on any atom is -0.311 e. The van der Waals surface area contributed by atoms with Crippen molar-refractivity contribution >= 4 is 0 Å². The average molecular weight is 266 g/mol. The molecule has 1 saturated carbocycles. The van der Waals surface area contributed by atoms with Gasteiger partial charge in [-0.3, -0.25) is 4.90 Å². The molecule has 0 amide bonds. The third-order valence-corrected chi connectivity index (χ3v) is 5.25. The first-order valence-electron chi connectivity index (χ1n) is 8.68. The number of rotatable bonds is 5. The number of hydrogen-bond acceptors (Lipinski definition) is 2. The molecule has 2 unspecified atom stereocenters. The molecule has 0 radical (unpaired) electrons. The molecule has 2 rings (SSSR count). The maximum Gasteiger partial charge on any atom is 0.0224 e. The van der Waals surface area contributed by atoms with Crippen LogP contribution in [0.15, 0.2) is 0 Å². The lowest BCUT2D eigenvalue weighted by Crippen LogP contribution is -2.58. The molecule has 2 heteroatoms. The van der Waals surface area contributed by atoms with Crippen molar-refractivity contribution < 1.29 is 0 Å². The van der Waals surface area contributed by atoms with Crippen LogP contribution < -0.4 is 5.32 Å². The fourth-order valence-electron chi connectivity index (χ4n) is 3.84. The minimum atomic E-state index is 0.773. The van der Waals surface area contributed by atoms with E-state index in [9.17, 15) is 0 Å². The molecule has 1 heterocycles. The zero-order valence-electron chi connectivity index (χ0n) is 13.3. The second kappa shape index (κ2) is 7.64. The molecule has 0 aromatic rings. The maximum atomic E-state index is 3.87. The Kier molecular flexibility index (Phi) is 6.15. The number of hydrogen-bond donors (Lipinski definition) is 1. The van der Waals surface area contributed by atoms with E-state index in [1.807, 2.05) is 0 Å². The molecule has 0 aromatic carbocycles. The van der Waals surface area contributed by atoms with Crippen molar-refractivity contribution in [3.05, 3.63) is 0 Å². The Morgan fingerprint density at radius 3 is 2.53 bits per heavy atom. The van der Waals surface area contributed by atoms with E-state index < -0.39 is 0 Å². The Hall–Kier alpha value is -0.0800. The monoisotopic (exact) mass is 266 g/mol. The van der Waals surface area contributed by atoms with Crippen molar-refractivity contribution in [2.75, 3.05) is 19.6 Å². The quantitative estimate of drug-likeness (QED) is 0.817. The fraction of sp³-hybridized carbons (Fsp3) is 1.00. The summed E-state index contributed by atoms with van der Waals surface area (Å²) in [7, 11) is 0. The highest BCUT2D eigenvalue weighted by Gasteiger charge is 2.31. The molecule has 112 valence electrons. The van der Waals surface area contributed by atoms with Crippen LogP contribution in [0.3, 0.4) is 0 Å². The van der Waals surface area contributed by atoms with Gasteiger partial charge < -0.3 is 5.32 Å². The van der Waals surface area contributed by atoms with E-state index in [0.717, 1.165) is 23.9 Å². The summed E-state index contributed by atoms with van der Waals surface area (Å²) >= 11 is 0. The van der Waals surface area contributed by atoms with E-state index >= 15 is 0 Å². The molecule has 1 saturated heterocycles. The Balaban J connectivity index is 1.86. The van der Waals surface area contributed by atoms with Gasteiger partial charge in [0.15, 0.2) is 0 Å². The lowest BCUT2D eigenvalue weighted by molar-refractivity contribution is 0.0894. The number of piperazine rings is 1. The molecular weight excluding hydrogens is 232 g/mol. The van der Waals surface area contributed by atoms with E-state index in [4.69, 9.17) is 0 Å². The standard InChI is InChI=1S/C17H34N2/c1-4-16-12-18-17(15-8-6-5-7-9-15)13-19(16)11-10-14(2)3/h14-18H,4-13H2,1-3H3. The Morgan fingerprint density at radius 1 is 1.16 bits per heavy atom.